The molecule has 1 aliphatic heterocycles. The summed E-state index contributed by atoms with van der Waals surface area (Å²) in [6.07, 6.45) is 6.81. The fraction of sp³-hybridized carbons (Fsp3) is 0.789. The van der Waals surface area contributed by atoms with Gasteiger partial charge in [0, 0.05) is 43.0 Å². The number of nitrogens with one attached hydrogen (secondary N) is 2. The molecule has 1 saturated heterocycles. The molecule has 148 valence electrons. The van der Waals surface area contributed by atoms with Crippen molar-refractivity contribution in [2.45, 2.75) is 76.9 Å². The molecule has 0 amide bonds. The first kappa shape index (κ1) is 21.9. The molecule has 0 bridgehead atoms. The lowest BCUT2D eigenvalue weighted by Gasteiger charge is -2.24. The fourth-order valence-electron chi connectivity index (χ4n) is 3.79. The number of hydrogen-bond donors (Lipinski definition) is 2. The average Bonchev–Trinajstić information content (AvgIpc) is 3.30. The molecule has 2 N–H and O–H groups in total. The lowest BCUT2D eigenvalue weighted by molar-refractivity contribution is 0.242. The fourth-order valence-corrected chi connectivity index (χ4v) is 4.75. The van der Waals surface area contributed by atoms with Crippen LogP contribution < -0.4 is 10.6 Å². The van der Waals surface area contributed by atoms with Crippen molar-refractivity contribution in [2.24, 2.45) is 4.99 Å². The van der Waals surface area contributed by atoms with Gasteiger partial charge in [-0.15, -0.1) is 35.3 Å². The maximum absolute atomic E-state index is 4.75. The number of nitrogens with zero attached hydrogens (tertiary/aromatic N) is 3. The summed E-state index contributed by atoms with van der Waals surface area (Å²) < 4.78 is 0. The summed E-state index contributed by atoms with van der Waals surface area (Å²) in [7, 11) is 1.85. The van der Waals surface area contributed by atoms with Gasteiger partial charge in [-0.2, -0.15) is 0 Å². The second-order valence-electron chi connectivity index (χ2n) is 8.37. The van der Waals surface area contributed by atoms with Crippen molar-refractivity contribution in [2.75, 3.05) is 20.1 Å². The minimum absolute atomic E-state index is 0. The Morgan fingerprint density at radius 1 is 1.31 bits per heavy atom. The van der Waals surface area contributed by atoms with E-state index in [9.17, 15) is 0 Å². The maximum Gasteiger partial charge on any atom is 0.191 e. The van der Waals surface area contributed by atoms with E-state index in [1.807, 2.05) is 7.05 Å². The molecule has 2 aliphatic rings. The number of hydrogen-bond acceptors (Lipinski definition) is 4. The van der Waals surface area contributed by atoms with Crippen molar-refractivity contribution in [3.05, 3.63) is 16.1 Å². The predicted octanol–water partition coefficient (Wildman–Crippen LogP) is 3.74. The molecule has 3 rings (SSSR count). The molecule has 1 saturated carbocycles. The highest BCUT2D eigenvalue weighted by Gasteiger charge is 2.30. The third-order valence-electron chi connectivity index (χ3n) is 5.35. The van der Waals surface area contributed by atoms with E-state index in [2.05, 4.69) is 46.7 Å². The van der Waals surface area contributed by atoms with Gasteiger partial charge in [0.2, 0.25) is 0 Å². The zero-order valence-corrected chi connectivity index (χ0v) is 19.7. The molecule has 0 spiro atoms. The van der Waals surface area contributed by atoms with Crippen LogP contribution in [0.4, 0.5) is 0 Å². The van der Waals surface area contributed by atoms with Crippen LogP contribution in [0.1, 0.15) is 63.6 Å². The molecule has 7 heteroatoms. The van der Waals surface area contributed by atoms with Crippen LogP contribution in [0.2, 0.25) is 0 Å². The molecule has 1 atom stereocenters. The van der Waals surface area contributed by atoms with Crippen LogP contribution in [0, 0.1) is 0 Å². The molecule has 0 radical (unpaired) electrons. The van der Waals surface area contributed by atoms with E-state index in [4.69, 9.17) is 4.98 Å². The molecular formula is C19H34IN5S. The van der Waals surface area contributed by atoms with Crippen LogP contribution in [-0.4, -0.2) is 48.1 Å². The molecule has 26 heavy (non-hydrogen) atoms. The summed E-state index contributed by atoms with van der Waals surface area (Å²) in [4.78, 5) is 11.8. The van der Waals surface area contributed by atoms with Crippen molar-refractivity contribution < 1.29 is 0 Å². The number of thiazole rings is 1. The van der Waals surface area contributed by atoms with Gasteiger partial charge >= 0.3 is 0 Å². The third kappa shape index (κ3) is 5.79. The Hall–Kier alpha value is -0.410. The van der Waals surface area contributed by atoms with Crippen LogP contribution in [0.3, 0.4) is 0 Å². The van der Waals surface area contributed by atoms with Crippen molar-refractivity contribution in [3.63, 3.8) is 0 Å². The van der Waals surface area contributed by atoms with Crippen molar-refractivity contribution >= 4 is 41.3 Å². The van der Waals surface area contributed by atoms with Crippen LogP contribution in [0.5, 0.6) is 0 Å². The van der Waals surface area contributed by atoms with E-state index >= 15 is 0 Å². The number of rotatable bonds is 4. The monoisotopic (exact) mass is 491 g/mol. The lowest BCUT2D eigenvalue weighted by atomic mass is 9.93. The quantitative estimate of drug-likeness (QED) is 0.383. The van der Waals surface area contributed by atoms with E-state index in [0.717, 1.165) is 30.1 Å². The number of halogens is 1. The Kier molecular flexibility index (Phi) is 8.15. The summed E-state index contributed by atoms with van der Waals surface area (Å²) in [6.45, 7) is 9.72. The minimum atomic E-state index is 0. The van der Waals surface area contributed by atoms with E-state index in [0.29, 0.717) is 6.04 Å². The first-order chi connectivity index (χ1) is 12.0. The average molecular weight is 491 g/mol. The van der Waals surface area contributed by atoms with E-state index in [-0.39, 0.29) is 29.4 Å². The van der Waals surface area contributed by atoms with E-state index < -0.39 is 0 Å². The van der Waals surface area contributed by atoms with Crippen LogP contribution in [-0.2, 0) is 12.0 Å². The standard InChI is InChI=1S/C19H33N5S.HI/c1-19(2,3)16-13-25-17(23-16)11-21-18(20-4)22-14-9-10-24(12-14)15-7-5-6-8-15;/h13-15H,5-12H2,1-4H3,(H2,20,21,22);1H. The van der Waals surface area contributed by atoms with Crippen LogP contribution >= 0.6 is 35.3 Å². The summed E-state index contributed by atoms with van der Waals surface area (Å²) in [5.74, 6) is 0.894. The molecule has 1 aromatic rings. The molecule has 2 fully saturated rings. The molecule has 1 aromatic heterocycles. The van der Waals surface area contributed by atoms with Crippen molar-refractivity contribution in [1.29, 1.82) is 0 Å². The van der Waals surface area contributed by atoms with E-state index in [1.165, 1.54) is 44.3 Å². The Balaban J connectivity index is 0.00000243. The van der Waals surface area contributed by atoms with Crippen LogP contribution in [0.15, 0.2) is 10.4 Å². The summed E-state index contributed by atoms with van der Waals surface area (Å²) >= 11 is 1.72. The van der Waals surface area contributed by atoms with Gasteiger partial charge in [0.25, 0.3) is 0 Å². The number of likely N-dealkylation sites (tertiary alicyclic amines) is 1. The highest BCUT2D eigenvalue weighted by atomic mass is 127. The van der Waals surface area contributed by atoms with Gasteiger partial charge in [0.05, 0.1) is 12.2 Å². The second kappa shape index (κ2) is 9.68. The lowest BCUT2D eigenvalue weighted by Crippen LogP contribution is -2.45. The normalized spacial score (nSPS) is 22.5. The Labute approximate surface area is 179 Å². The number of aliphatic imine (C=N–C) groups is 1. The Morgan fingerprint density at radius 2 is 2.04 bits per heavy atom. The van der Waals surface area contributed by atoms with Gasteiger partial charge in [0.1, 0.15) is 5.01 Å². The summed E-state index contributed by atoms with van der Waals surface area (Å²) in [6, 6.07) is 1.33. The minimum Gasteiger partial charge on any atom is -0.352 e. The maximum atomic E-state index is 4.75. The molecule has 5 nitrogen and oxygen atoms in total. The van der Waals surface area contributed by atoms with Gasteiger partial charge in [-0.3, -0.25) is 9.89 Å². The zero-order chi connectivity index (χ0) is 17.9. The molecule has 2 heterocycles. The summed E-state index contributed by atoms with van der Waals surface area (Å²) in [5.41, 5.74) is 1.28. The van der Waals surface area contributed by atoms with Crippen molar-refractivity contribution in [1.82, 2.24) is 20.5 Å². The predicted molar refractivity (Wildman–Crippen MR) is 122 cm³/mol. The molecule has 1 unspecified atom stereocenters. The highest BCUT2D eigenvalue weighted by Crippen LogP contribution is 2.26. The largest absolute Gasteiger partial charge is 0.352 e. The molecule has 1 aliphatic carbocycles. The Bertz CT molecular complexity index is 589. The van der Waals surface area contributed by atoms with Gasteiger partial charge < -0.3 is 10.6 Å². The third-order valence-corrected chi connectivity index (χ3v) is 6.20. The number of aromatic nitrogens is 1. The SMILES string of the molecule is CN=C(NCc1nc(C(C)(C)C)cs1)NC1CCN(C2CCCC2)C1.I. The van der Waals surface area contributed by atoms with Crippen molar-refractivity contribution in [3.8, 4) is 0 Å². The van der Waals surface area contributed by atoms with Gasteiger partial charge in [0.15, 0.2) is 5.96 Å². The molecule has 0 aromatic carbocycles. The second-order valence-corrected chi connectivity index (χ2v) is 9.31. The zero-order valence-electron chi connectivity index (χ0n) is 16.5. The van der Waals surface area contributed by atoms with Gasteiger partial charge in [-0.1, -0.05) is 33.6 Å². The van der Waals surface area contributed by atoms with Gasteiger partial charge in [-0.25, -0.2) is 4.98 Å². The highest BCUT2D eigenvalue weighted by molar-refractivity contribution is 14.0. The number of guanidine groups is 1. The smallest absolute Gasteiger partial charge is 0.191 e. The Morgan fingerprint density at radius 3 is 2.65 bits per heavy atom. The molecular weight excluding hydrogens is 457 g/mol. The van der Waals surface area contributed by atoms with E-state index in [1.54, 1.807) is 11.3 Å². The first-order valence-electron chi connectivity index (χ1n) is 9.62. The first-order valence-corrected chi connectivity index (χ1v) is 10.5. The summed E-state index contributed by atoms with van der Waals surface area (Å²) in [5, 5.41) is 10.3. The van der Waals surface area contributed by atoms with Gasteiger partial charge in [-0.05, 0) is 19.3 Å². The topological polar surface area (TPSA) is 52.6 Å². The van der Waals surface area contributed by atoms with Crippen LogP contribution in [0.25, 0.3) is 0 Å².